The average Bonchev–Trinajstić information content (AvgIpc) is 3.07. The normalized spacial score (nSPS) is 10.5. The molecule has 1 aromatic heterocycles. The number of ether oxygens (including phenoxy) is 2. The van der Waals surface area contributed by atoms with Gasteiger partial charge in [0.15, 0.2) is 16.6 Å². The highest BCUT2D eigenvalue weighted by molar-refractivity contribution is 7.16. The molecule has 1 N–H and O–H groups in total. The first-order valence-corrected chi connectivity index (χ1v) is 9.10. The summed E-state index contributed by atoms with van der Waals surface area (Å²) in [7, 11) is 2.71. The molecule has 0 aliphatic heterocycles. The van der Waals surface area contributed by atoms with Crippen LogP contribution in [0.2, 0.25) is 0 Å². The molecule has 0 bridgehead atoms. The zero-order valence-corrected chi connectivity index (χ0v) is 16.5. The van der Waals surface area contributed by atoms with Gasteiger partial charge in [-0.05, 0) is 31.2 Å². The van der Waals surface area contributed by atoms with Gasteiger partial charge in [-0.2, -0.15) is 0 Å². The van der Waals surface area contributed by atoms with Gasteiger partial charge in [-0.15, -0.1) is 11.3 Å². The van der Waals surface area contributed by atoms with Gasteiger partial charge in [-0.3, -0.25) is 20.2 Å². The van der Waals surface area contributed by atoms with Crippen molar-refractivity contribution in [2.24, 2.45) is 0 Å². The number of aryl methyl sites for hydroxylation is 1. The third-order valence-corrected chi connectivity index (χ3v) is 4.96. The van der Waals surface area contributed by atoms with E-state index in [9.17, 15) is 19.3 Å². The zero-order valence-electron chi connectivity index (χ0n) is 15.7. The van der Waals surface area contributed by atoms with E-state index in [1.165, 1.54) is 43.8 Å². The number of anilines is 1. The van der Waals surface area contributed by atoms with E-state index in [0.717, 1.165) is 10.9 Å². The van der Waals surface area contributed by atoms with Crippen LogP contribution in [0.4, 0.5) is 15.2 Å². The molecule has 0 aliphatic carbocycles. The fourth-order valence-electron chi connectivity index (χ4n) is 2.69. The van der Waals surface area contributed by atoms with Crippen molar-refractivity contribution in [3.05, 3.63) is 62.8 Å². The minimum Gasteiger partial charge on any atom is -0.493 e. The van der Waals surface area contributed by atoms with E-state index < -0.39 is 16.5 Å². The van der Waals surface area contributed by atoms with Crippen molar-refractivity contribution in [3.8, 4) is 22.8 Å². The first kappa shape index (κ1) is 20.2. The first-order valence-electron chi connectivity index (χ1n) is 8.29. The second-order valence-electron chi connectivity index (χ2n) is 5.87. The number of thiazole rings is 1. The molecule has 150 valence electrons. The van der Waals surface area contributed by atoms with Crippen molar-refractivity contribution < 1.29 is 23.6 Å². The number of carbonyl (C=O) groups is 1. The van der Waals surface area contributed by atoms with E-state index in [4.69, 9.17) is 9.47 Å². The predicted molar refractivity (Wildman–Crippen MR) is 106 cm³/mol. The second-order valence-corrected chi connectivity index (χ2v) is 7.07. The summed E-state index contributed by atoms with van der Waals surface area (Å²) in [6.07, 6.45) is 0. The summed E-state index contributed by atoms with van der Waals surface area (Å²) in [5.74, 6) is -0.752. The molecular formula is C19H16FN3O5S. The lowest BCUT2D eigenvalue weighted by Gasteiger charge is -2.10. The van der Waals surface area contributed by atoms with Crippen LogP contribution in [0.5, 0.6) is 11.5 Å². The Kier molecular flexibility index (Phi) is 5.74. The van der Waals surface area contributed by atoms with Gasteiger partial charge in [0.05, 0.1) is 30.9 Å². The Hall–Kier alpha value is -3.53. The number of benzene rings is 2. The van der Waals surface area contributed by atoms with E-state index in [2.05, 4.69) is 10.3 Å². The molecule has 2 aromatic carbocycles. The number of rotatable bonds is 6. The standard InChI is InChI=1S/C19H16FN3O5S/c1-10-17(11-4-6-12(20)7-5-11)21-19(29-10)22-18(24)13-8-15(27-2)16(28-3)9-14(13)23(25)26/h4-9H,1-3H3,(H,21,22,24). The molecule has 0 radical (unpaired) electrons. The van der Waals surface area contributed by atoms with Crippen LogP contribution in [0.15, 0.2) is 36.4 Å². The van der Waals surface area contributed by atoms with Crippen LogP contribution < -0.4 is 14.8 Å². The monoisotopic (exact) mass is 417 g/mol. The van der Waals surface area contributed by atoms with Crippen LogP contribution in [-0.2, 0) is 0 Å². The van der Waals surface area contributed by atoms with Gasteiger partial charge < -0.3 is 9.47 Å². The van der Waals surface area contributed by atoms with Crippen molar-refractivity contribution in [2.75, 3.05) is 19.5 Å². The number of hydrogen-bond donors (Lipinski definition) is 1. The van der Waals surface area contributed by atoms with E-state index in [1.807, 2.05) is 6.92 Å². The molecule has 0 atom stereocenters. The molecule has 3 aromatic rings. The number of nitro benzene ring substituents is 1. The van der Waals surface area contributed by atoms with Crippen molar-refractivity contribution in [2.45, 2.75) is 6.92 Å². The van der Waals surface area contributed by atoms with Crippen LogP contribution in [0.3, 0.4) is 0 Å². The van der Waals surface area contributed by atoms with Gasteiger partial charge in [0, 0.05) is 16.5 Å². The Morgan fingerprint density at radius 2 is 1.79 bits per heavy atom. The second kappa shape index (κ2) is 8.23. The third kappa shape index (κ3) is 4.16. The molecule has 8 nitrogen and oxygen atoms in total. The van der Waals surface area contributed by atoms with Crippen LogP contribution in [-0.4, -0.2) is 30.0 Å². The lowest BCUT2D eigenvalue weighted by atomic mass is 10.1. The van der Waals surface area contributed by atoms with Crippen molar-refractivity contribution in [1.29, 1.82) is 0 Å². The Morgan fingerprint density at radius 1 is 1.17 bits per heavy atom. The maximum Gasteiger partial charge on any atom is 0.286 e. The summed E-state index contributed by atoms with van der Waals surface area (Å²) in [6, 6.07) is 8.18. The summed E-state index contributed by atoms with van der Waals surface area (Å²) in [6.45, 7) is 1.81. The molecule has 1 amide bonds. The Morgan fingerprint density at radius 3 is 2.38 bits per heavy atom. The average molecular weight is 417 g/mol. The molecule has 0 fully saturated rings. The molecular weight excluding hydrogens is 401 g/mol. The smallest absolute Gasteiger partial charge is 0.286 e. The molecule has 3 rings (SSSR count). The molecule has 10 heteroatoms. The molecule has 0 spiro atoms. The molecule has 0 saturated heterocycles. The number of nitrogens with one attached hydrogen (secondary N) is 1. The van der Waals surface area contributed by atoms with Crippen LogP contribution >= 0.6 is 11.3 Å². The largest absolute Gasteiger partial charge is 0.493 e. The Labute approximate surface area is 169 Å². The fourth-order valence-corrected chi connectivity index (χ4v) is 3.52. The number of hydrogen-bond acceptors (Lipinski definition) is 7. The number of nitrogens with zero attached hydrogens (tertiary/aromatic N) is 2. The van der Waals surface area contributed by atoms with Crippen molar-refractivity contribution in [1.82, 2.24) is 4.98 Å². The van der Waals surface area contributed by atoms with Gasteiger partial charge in [0.2, 0.25) is 0 Å². The van der Waals surface area contributed by atoms with Crippen LogP contribution in [0, 0.1) is 22.9 Å². The summed E-state index contributed by atoms with van der Waals surface area (Å²) in [5, 5.41) is 14.2. The summed E-state index contributed by atoms with van der Waals surface area (Å²) in [4.78, 5) is 28.6. The highest BCUT2D eigenvalue weighted by Gasteiger charge is 2.25. The SMILES string of the molecule is COc1cc(C(=O)Nc2nc(-c3ccc(F)cc3)c(C)s2)c([N+](=O)[O-])cc1OC. The maximum absolute atomic E-state index is 13.1. The van der Waals surface area contributed by atoms with E-state index >= 15 is 0 Å². The number of methoxy groups -OCH3 is 2. The Balaban J connectivity index is 1.94. The predicted octanol–water partition coefficient (Wildman–Crippen LogP) is 4.44. The minimum atomic E-state index is -0.711. The molecule has 0 unspecified atom stereocenters. The van der Waals surface area contributed by atoms with E-state index in [0.29, 0.717) is 11.3 Å². The lowest BCUT2D eigenvalue weighted by molar-refractivity contribution is -0.385. The molecule has 0 aliphatic rings. The van der Waals surface area contributed by atoms with Crippen LogP contribution in [0.25, 0.3) is 11.3 Å². The molecule has 0 saturated carbocycles. The quantitative estimate of drug-likeness (QED) is 0.470. The lowest BCUT2D eigenvalue weighted by Crippen LogP contribution is -2.14. The number of amides is 1. The summed E-state index contributed by atoms with van der Waals surface area (Å²) in [5.41, 5.74) is 0.667. The van der Waals surface area contributed by atoms with Gasteiger partial charge >= 0.3 is 0 Å². The summed E-state index contributed by atoms with van der Waals surface area (Å²) < 4.78 is 23.3. The number of halogens is 1. The van der Waals surface area contributed by atoms with Crippen molar-refractivity contribution >= 4 is 28.1 Å². The number of nitro groups is 1. The molecule has 1 heterocycles. The molecule has 29 heavy (non-hydrogen) atoms. The minimum absolute atomic E-state index is 0.138. The van der Waals surface area contributed by atoms with E-state index in [-0.39, 0.29) is 28.0 Å². The van der Waals surface area contributed by atoms with Crippen LogP contribution in [0.1, 0.15) is 15.2 Å². The number of aromatic nitrogens is 1. The van der Waals surface area contributed by atoms with Gasteiger partial charge in [0.1, 0.15) is 11.4 Å². The number of carbonyl (C=O) groups excluding carboxylic acids is 1. The highest BCUT2D eigenvalue weighted by atomic mass is 32.1. The van der Waals surface area contributed by atoms with Crippen molar-refractivity contribution in [3.63, 3.8) is 0 Å². The zero-order chi connectivity index (χ0) is 21.1. The highest BCUT2D eigenvalue weighted by Crippen LogP contribution is 2.36. The third-order valence-electron chi connectivity index (χ3n) is 4.08. The van der Waals surface area contributed by atoms with E-state index in [1.54, 1.807) is 12.1 Å². The van der Waals surface area contributed by atoms with Gasteiger partial charge in [-0.1, -0.05) is 0 Å². The van der Waals surface area contributed by atoms with Gasteiger partial charge in [0.25, 0.3) is 11.6 Å². The maximum atomic E-state index is 13.1. The van der Waals surface area contributed by atoms with Gasteiger partial charge in [-0.25, -0.2) is 9.37 Å². The first-order chi connectivity index (χ1) is 13.8. The fraction of sp³-hybridized carbons (Fsp3) is 0.158. The Bertz CT molecular complexity index is 1080. The summed E-state index contributed by atoms with van der Waals surface area (Å²) >= 11 is 1.21. The topological polar surface area (TPSA) is 104 Å².